The Morgan fingerprint density at radius 3 is 2.48 bits per heavy atom. The molecular formula is C21H20N2O4. The topological polar surface area (TPSA) is 88.4 Å². The Labute approximate surface area is 158 Å². The van der Waals surface area contributed by atoms with Crippen LogP contribution < -0.4 is 10.1 Å². The molecular weight excluding hydrogens is 344 g/mol. The first-order valence-corrected chi connectivity index (χ1v) is 8.42. The number of methoxy groups -OCH3 is 1. The SMILES string of the molecule is CCCOC(=O)c1ccc(NC(=O)/C(C#N)=C/c2ccccc2OC)cc1. The third-order valence-corrected chi connectivity index (χ3v) is 3.62. The minimum Gasteiger partial charge on any atom is -0.496 e. The van der Waals surface area contributed by atoms with Crippen molar-refractivity contribution in [3.8, 4) is 11.8 Å². The molecule has 2 aromatic carbocycles. The van der Waals surface area contributed by atoms with Gasteiger partial charge in [0.1, 0.15) is 17.4 Å². The number of hydrogen-bond acceptors (Lipinski definition) is 5. The summed E-state index contributed by atoms with van der Waals surface area (Å²) < 4.78 is 10.3. The van der Waals surface area contributed by atoms with Gasteiger partial charge in [0.05, 0.1) is 19.3 Å². The van der Waals surface area contributed by atoms with Crippen LogP contribution in [0.4, 0.5) is 5.69 Å². The molecule has 2 aromatic rings. The number of carbonyl (C=O) groups excluding carboxylic acids is 2. The van der Waals surface area contributed by atoms with E-state index in [0.29, 0.717) is 29.2 Å². The number of nitrogens with zero attached hydrogens (tertiary/aromatic N) is 1. The summed E-state index contributed by atoms with van der Waals surface area (Å²) in [6.07, 6.45) is 2.21. The third-order valence-electron chi connectivity index (χ3n) is 3.62. The maximum absolute atomic E-state index is 12.4. The predicted octanol–water partition coefficient (Wildman–Crippen LogP) is 3.81. The molecule has 1 N–H and O–H groups in total. The lowest BCUT2D eigenvalue weighted by molar-refractivity contribution is -0.112. The first-order chi connectivity index (χ1) is 13.1. The Hall–Kier alpha value is -3.59. The number of amides is 1. The van der Waals surface area contributed by atoms with E-state index in [9.17, 15) is 14.9 Å². The zero-order chi connectivity index (χ0) is 19.6. The van der Waals surface area contributed by atoms with Gasteiger partial charge in [-0.15, -0.1) is 0 Å². The number of nitrogens with one attached hydrogen (secondary N) is 1. The van der Waals surface area contributed by atoms with Gasteiger partial charge < -0.3 is 14.8 Å². The van der Waals surface area contributed by atoms with Gasteiger partial charge in [-0.2, -0.15) is 5.26 Å². The second-order valence-electron chi connectivity index (χ2n) is 5.58. The number of anilines is 1. The highest BCUT2D eigenvalue weighted by atomic mass is 16.5. The van der Waals surface area contributed by atoms with Gasteiger partial charge in [-0.3, -0.25) is 4.79 Å². The van der Waals surface area contributed by atoms with E-state index < -0.39 is 11.9 Å². The number of hydrogen-bond donors (Lipinski definition) is 1. The highest BCUT2D eigenvalue weighted by Crippen LogP contribution is 2.21. The average molecular weight is 364 g/mol. The summed E-state index contributed by atoms with van der Waals surface area (Å²) in [4.78, 5) is 24.2. The summed E-state index contributed by atoms with van der Waals surface area (Å²) in [5, 5.41) is 12.0. The van der Waals surface area contributed by atoms with Gasteiger partial charge in [0.25, 0.3) is 5.91 Å². The largest absolute Gasteiger partial charge is 0.496 e. The highest BCUT2D eigenvalue weighted by molar-refractivity contribution is 6.10. The summed E-state index contributed by atoms with van der Waals surface area (Å²) >= 11 is 0. The summed E-state index contributed by atoms with van der Waals surface area (Å²) in [5.41, 5.74) is 1.42. The molecule has 0 unspecified atom stereocenters. The number of nitriles is 1. The van der Waals surface area contributed by atoms with Crippen molar-refractivity contribution in [2.24, 2.45) is 0 Å². The van der Waals surface area contributed by atoms with Crippen LogP contribution in [0, 0.1) is 11.3 Å². The summed E-state index contributed by atoms with van der Waals surface area (Å²) in [6, 6.07) is 15.3. The van der Waals surface area contributed by atoms with Crippen molar-refractivity contribution in [2.45, 2.75) is 13.3 Å². The quantitative estimate of drug-likeness (QED) is 0.458. The van der Waals surface area contributed by atoms with Crippen LogP contribution >= 0.6 is 0 Å². The van der Waals surface area contributed by atoms with E-state index in [1.165, 1.54) is 13.2 Å². The molecule has 138 valence electrons. The maximum Gasteiger partial charge on any atom is 0.338 e. The van der Waals surface area contributed by atoms with Crippen LogP contribution in [0.1, 0.15) is 29.3 Å². The van der Waals surface area contributed by atoms with Gasteiger partial charge in [0, 0.05) is 11.3 Å². The Morgan fingerprint density at radius 2 is 1.85 bits per heavy atom. The first kappa shape index (κ1) is 19.7. The molecule has 0 radical (unpaired) electrons. The van der Waals surface area contributed by atoms with Crippen LogP contribution in [-0.4, -0.2) is 25.6 Å². The minimum atomic E-state index is -0.551. The van der Waals surface area contributed by atoms with Crippen molar-refractivity contribution in [3.63, 3.8) is 0 Å². The van der Waals surface area contributed by atoms with Gasteiger partial charge in [-0.05, 0) is 42.8 Å². The smallest absolute Gasteiger partial charge is 0.338 e. The van der Waals surface area contributed by atoms with E-state index in [2.05, 4.69) is 5.32 Å². The molecule has 0 heterocycles. The molecule has 0 aliphatic rings. The molecule has 0 aliphatic carbocycles. The van der Waals surface area contributed by atoms with E-state index in [-0.39, 0.29) is 5.57 Å². The van der Waals surface area contributed by atoms with E-state index in [1.54, 1.807) is 48.5 Å². The van der Waals surface area contributed by atoms with E-state index in [4.69, 9.17) is 9.47 Å². The van der Waals surface area contributed by atoms with E-state index in [0.717, 1.165) is 6.42 Å². The molecule has 0 bridgehead atoms. The molecule has 27 heavy (non-hydrogen) atoms. The second kappa shape index (κ2) is 9.78. The molecule has 0 spiro atoms. The number of para-hydroxylation sites is 1. The fourth-order valence-electron chi connectivity index (χ4n) is 2.26. The second-order valence-corrected chi connectivity index (χ2v) is 5.58. The van der Waals surface area contributed by atoms with Crippen LogP contribution in [0.25, 0.3) is 6.08 Å². The normalized spacial score (nSPS) is 10.6. The molecule has 0 aromatic heterocycles. The van der Waals surface area contributed by atoms with Crippen molar-refractivity contribution < 1.29 is 19.1 Å². The van der Waals surface area contributed by atoms with Gasteiger partial charge in [-0.25, -0.2) is 4.79 Å². The number of esters is 1. The number of benzene rings is 2. The molecule has 0 saturated carbocycles. The fraction of sp³-hybridized carbons (Fsp3) is 0.190. The molecule has 0 saturated heterocycles. The molecule has 0 aliphatic heterocycles. The van der Waals surface area contributed by atoms with Crippen molar-refractivity contribution in [3.05, 3.63) is 65.2 Å². The first-order valence-electron chi connectivity index (χ1n) is 8.42. The maximum atomic E-state index is 12.4. The van der Waals surface area contributed by atoms with Gasteiger partial charge >= 0.3 is 5.97 Å². The van der Waals surface area contributed by atoms with Crippen LogP contribution in [0.15, 0.2) is 54.1 Å². The lowest BCUT2D eigenvalue weighted by Gasteiger charge is -2.07. The lowest BCUT2D eigenvalue weighted by Crippen LogP contribution is -2.13. The molecule has 0 atom stereocenters. The molecule has 2 rings (SSSR count). The van der Waals surface area contributed by atoms with Gasteiger partial charge in [-0.1, -0.05) is 25.1 Å². The Morgan fingerprint density at radius 1 is 1.15 bits per heavy atom. The molecule has 6 heteroatoms. The highest BCUT2D eigenvalue weighted by Gasteiger charge is 2.12. The van der Waals surface area contributed by atoms with Crippen molar-refractivity contribution in [1.82, 2.24) is 0 Å². The number of rotatable bonds is 7. The van der Waals surface area contributed by atoms with Crippen molar-refractivity contribution >= 4 is 23.6 Å². The summed E-state index contributed by atoms with van der Waals surface area (Å²) in [6.45, 7) is 2.27. The predicted molar refractivity (Wildman–Crippen MR) is 102 cm³/mol. The summed E-state index contributed by atoms with van der Waals surface area (Å²) in [7, 11) is 1.52. The van der Waals surface area contributed by atoms with Crippen molar-refractivity contribution in [2.75, 3.05) is 19.0 Å². The Balaban J connectivity index is 2.12. The van der Waals surface area contributed by atoms with Crippen molar-refractivity contribution in [1.29, 1.82) is 5.26 Å². The number of ether oxygens (including phenoxy) is 2. The van der Waals surface area contributed by atoms with E-state index in [1.807, 2.05) is 13.0 Å². The van der Waals surface area contributed by atoms with Gasteiger partial charge in [0.2, 0.25) is 0 Å². The van der Waals surface area contributed by atoms with Crippen LogP contribution in [0.2, 0.25) is 0 Å². The van der Waals surface area contributed by atoms with E-state index >= 15 is 0 Å². The van der Waals surface area contributed by atoms with Crippen LogP contribution in [0.5, 0.6) is 5.75 Å². The van der Waals surface area contributed by atoms with Crippen LogP contribution in [-0.2, 0) is 9.53 Å². The average Bonchev–Trinajstić information content (AvgIpc) is 2.70. The number of carbonyl (C=O) groups is 2. The summed E-state index contributed by atoms with van der Waals surface area (Å²) in [5.74, 6) is -0.402. The third kappa shape index (κ3) is 5.44. The molecule has 0 fully saturated rings. The molecule has 6 nitrogen and oxygen atoms in total. The lowest BCUT2D eigenvalue weighted by atomic mass is 10.1. The molecule has 1 amide bonds. The zero-order valence-electron chi connectivity index (χ0n) is 15.2. The fourth-order valence-corrected chi connectivity index (χ4v) is 2.26. The monoisotopic (exact) mass is 364 g/mol. The van der Waals surface area contributed by atoms with Crippen LogP contribution in [0.3, 0.4) is 0 Å². The minimum absolute atomic E-state index is 0.0640. The Kier molecular flexibility index (Phi) is 7.15. The standard InChI is InChI=1S/C21H20N2O4/c1-3-12-27-21(25)15-8-10-18(11-9-15)23-20(24)17(14-22)13-16-6-4-5-7-19(16)26-2/h4-11,13H,3,12H2,1-2H3,(H,23,24)/b17-13+. The van der Waals surface area contributed by atoms with Gasteiger partial charge in [0.15, 0.2) is 0 Å². The Bertz CT molecular complexity index is 880. The zero-order valence-corrected chi connectivity index (χ0v) is 15.2.